The highest BCUT2D eigenvalue weighted by atomic mass is 32.2. The summed E-state index contributed by atoms with van der Waals surface area (Å²) in [5.74, 6) is 0. The van der Waals surface area contributed by atoms with Crippen molar-refractivity contribution in [3.8, 4) is 0 Å². The van der Waals surface area contributed by atoms with Crippen molar-refractivity contribution in [2.45, 2.75) is 29.9 Å². The molecule has 0 aliphatic carbocycles. The van der Waals surface area contributed by atoms with E-state index in [-0.39, 0.29) is 4.75 Å². The number of rotatable bonds is 5. The first-order chi connectivity index (χ1) is 9.22. The molecule has 19 heavy (non-hydrogen) atoms. The summed E-state index contributed by atoms with van der Waals surface area (Å²) in [6.07, 6.45) is 5.65. The summed E-state index contributed by atoms with van der Waals surface area (Å²) in [4.78, 5) is 1.32. The first-order valence-electron chi connectivity index (χ1n) is 6.70. The lowest BCUT2D eigenvalue weighted by atomic mass is 10.1. The lowest BCUT2D eigenvalue weighted by molar-refractivity contribution is 0.758. The second-order valence-corrected chi connectivity index (χ2v) is 6.43. The quantitative estimate of drug-likeness (QED) is 0.630. The van der Waals surface area contributed by atoms with Crippen molar-refractivity contribution in [2.24, 2.45) is 0 Å². The first kappa shape index (κ1) is 14.0. The molecule has 0 radical (unpaired) electrons. The van der Waals surface area contributed by atoms with Gasteiger partial charge in [0, 0.05) is 9.64 Å². The lowest BCUT2D eigenvalue weighted by Gasteiger charge is -2.23. The van der Waals surface area contributed by atoms with E-state index in [1.54, 1.807) is 0 Å². The highest BCUT2D eigenvalue weighted by Crippen LogP contribution is 2.36. The van der Waals surface area contributed by atoms with Crippen LogP contribution in [-0.2, 0) is 0 Å². The highest BCUT2D eigenvalue weighted by molar-refractivity contribution is 8.00. The molecule has 1 unspecified atom stereocenters. The van der Waals surface area contributed by atoms with Crippen LogP contribution in [0.25, 0.3) is 6.08 Å². The largest absolute Gasteiger partial charge is 0.115 e. The van der Waals surface area contributed by atoms with Crippen LogP contribution in [0.4, 0.5) is 0 Å². The van der Waals surface area contributed by atoms with Gasteiger partial charge < -0.3 is 0 Å². The molecule has 0 aliphatic heterocycles. The van der Waals surface area contributed by atoms with E-state index < -0.39 is 0 Å². The van der Waals surface area contributed by atoms with Gasteiger partial charge in [0.05, 0.1) is 0 Å². The van der Waals surface area contributed by atoms with Gasteiger partial charge in [0.1, 0.15) is 0 Å². The topological polar surface area (TPSA) is 0 Å². The maximum Gasteiger partial charge on any atom is 0.0358 e. The smallest absolute Gasteiger partial charge is 0.0358 e. The Labute approximate surface area is 120 Å². The molecular weight excluding hydrogens is 248 g/mol. The van der Waals surface area contributed by atoms with Crippen molar-refractivity contribution in [1.29, 1.82) is 0 Å². The maximum atomic E-state index is 2.32. The molecule has 0 fully saturated rings. The fourth-order valence-electron chi connectivity index (χ4n) is 1.82. The molecule has 2 rings (SSSR count). The molecule has 1 atom stereocenters. The fraction of sp³-hybridized carbons (Fsp3) is 0.222. The van der Waals surface area contributed by atoms with Crippen molar-refractivity contribution < 1.29 is 0 Å². The van der Waals surface area contributed by atoms with Gasteiger partial charge in [-0.25, -0.2) is 0 Å². The van der Waals surface area contributed by atoms with Crippen LogP contribution in [-0.4, -0.2) is 4.75 Å². The van der Waals surface area contributed by atoms with Crippen molar-refractivity contribution >= 4 is 17.8 Å². The normalized spacial score (nSPS) is 14.4. The second kappa shape index (κ2) is 6.63. The molecule has 0 aromatic heterocycles. The average molecular weight is 268 g/mol. The zero-order chi connectivity index (χ0) is 13.6. The summed E-state index contributed by atoms with van der Waals surface area (Å²) < 4.78 is 0.136. The molecule has 2 aromatic rings. The maximum absolute atomic E-state index is 2.32. The van der Waals surface area contributed by atoms with Gasteiger partial charge in [-0.1, -0.05) is 67.6 Å². The Bertz CT molecular complexity index is 516. The number of hydrogen-bond donors (Lipinski definition) is 0. The van der Waals surface area contributed by atoms with Crippen LogP contribution in [0.15, 0.2) is 71.6 Å². The molecule has 0 spiro atoms. The van der Waals surface area contributed by atoms with Crippen LogP contribution < -0.4 is 0 Å². The third-order valence-electron chi connectivity index (χ3n) is 3.22. The highest BCUT2D eigenvalue weighted by Gasteiger charge is 2.19. The minimum Gasteiger partial charge on any atom is -0.115 e. The van der Waals surface area contributed by atoms with Crippen LogP contribution in [0.2, 0.25) is 0 Å². The first-order valence-corrected chi connectivity index (χ1v) is 7.52. The lowest BCUT2D eigenvalue weighted by Crippen LogP contribution is -2.14. The van der Waals surface area contributed by atoms with Gasteiger partial charge in [-0.3, -0.25) is 0 Å². The molecule has 98 valence electrons. The third kappa shape index (κ3) is 4.29. The number of thioether (sulfide) groups is 1. The van der Waals surface area contributed by atoms with E-state index >= 15 is 0 Å². The van der Waals surface area contributed by atoms with Crippen LogP contribution in [0, 0.1) is 0 Å². The van der Waals surface area contributed by atoms with Crippen LogP contribution in [0.3, 0.4) is 0 Å². The van der Waals surface area contributed by atoms with Gasteiger partial charge in [0.2, 0.25) is 0 Å². The Morgan fingerprint density at radius 2 is 1.53 bits per heavy atom. The summed E-state index contributed by atoms with van der Waals surface area (Å²) in [5.41, 5.74) is 1.26. The van der Waals surface area contributed by atoms with Crippen molar-refractivity contribution in [1.82, 2.24) is 0 Å². The minimum atomic E-state index is 0.136. The summed E-state index contributed by atoms with van der Waals surface area (Å²) in [5, 5.41) is 0. The standard InChI is InChI=1S/C18H20S/c1-3-18(2,19-17-12-8-5-9-13-17)15-14-16-10-6-4-7-11-16/h4-15H,3H2,1-2H3/b15-14+. The molecule has 0 heterocycles. The van der Waals surface area contributed by atoms with Crippen molar-refractivity contribution in [3.63, 3.8) is 0 Å². The zero-order valence-corrected chi connectivity index (χ0v) is 12.4. The third-order valence-corrected chi connectivity index (χ3v) is 4.62. The molecule has 1 heteroatoms. The van der Waals surface area contributed by atoms with Gasteiger partial charge >= 0.3 is 0 Å². The van der Waals surface area contributed by atoms with Crippen LogP contribution >= 0.6 is 11.8 Å². The van der Waals surface area contributed by atoms with Gasteiger partial charge in [-0.2, -0.15) is 0 Å². The Balaban J connectivity index is 2.12. The SMILES string of the molecule is CCC(C)(/C=C/c1ccccc1)Sc1ccccc1. The number of benzene rings is 2. The minimum absolute atomic E-state index is 0.136. The molecule has 0 aliphatic rings. The van der Waals surface area contributed by atoms with E-state index in [1.807, 2.05) is 11.8 Å². The van der Waals surface area contributed by atoms with E-state index in [0.717, 1.165) is 6.42 Å². The molecular formula is C18H20S. The number of hydrogen-bond acceptors (Lipinski definition) is 1. The molecule has 0 nitrogen and oxygen atoms in total. The van der Waals surface area contributed by atoms with Gasteiger partial charge in [0.25, 0.3) is 0 Å². The molecule has 0 saturated carbocycles. The molecule has 0 bridgehead atoms. The van der Waals surface area contributed by atoms with Gasteiger partial charge in [-0.15, -0.1) is 11.8 Å². The summed E-state index contributed by atoms with van der Waals surface area (Å²) in [6, 6.07) is 21.1. The Hall–Kier alpha value is -1.47. The molecule has 2 aromatic carbocycles. The fourth-order valence-corrected chi connectivity index (χ4v) is 2.93. The van der Waals surface area contributed by atoms with E-state index in [9.17, 15) is 0 Å². The van der Waals surface area contributed by atoms with Crippen LogP contribution in [0.1, 0.15) is 25.8 Å². The van der Waals surface area contributed by atoms with E-state index in [2.05, 4.69) is 86.7 Å². The van der Waals surface area contributed by atoms with Crippen LogP contribution in [0.5, 0.6) is 0 Å². The zero-order valence-electron chi connectivity index (χ0n) is 11.5. The average Bonchev–Trinajstić information content (AvgIpc) is 2.47. The molecule has 0 saturated heterocycles. The van der Waals surface area contributed by atoms with Crippen molar-refractivity contribution in [3.05, 3.63) is 72.3 Å². The van der Waals surface area contributed by atoms with Crippen molar-refractivity contribution in [2.75, 3.05) is 0 Å². The van der Waals surface area contributed by atoms with Gasteiger partial charge in [0.15, 0.2) is 0 Å². The predicted molar refractivity (Wildman–Crippen MR) is 86.5 cm³/mol. The predicted octanol–water partition coefficient (Wildman–Crippen LogP) is 5.66. The van der Waals surface area contributed by atoms with E-state index in [1.165, 1.54) is 10.5 Å². The van der Waals surface area contributed by atoms with E-state index in [4.69, 9.17) is 0 Å². The van der Waals surface area contributed by atoms with E-state index in [0.29, 0.717) is 0 Å². The summed E-state index contributed by atoms with van der Waals surface area (Å²) >= 11 is 1.92. The second-order valence-electron chi connectivity index (χ2n) is 4.83. The summed E-state index contributed by atoms with van der Waals surface area (Å²) in [7, 11) is 0. The summed E-state index contributed by atoms with van der Waals surface area (Å²) in [6.45, 7) is 4.54. The molecule has 0 N–H and O–H groups in total. The Morgan fingerprint density at radius 3 is 2.11 bits per heavy atom. The molecule has 0 amide bonds. The Kier molecular flexibility index (Phi) is 4.86. The monoisotopic (exact) mass is 268 g/mol. The Morgan fingerprint density at radius 1 is 0.947 bits per heavy atom. The van der Waals surface area contributed by atoms with Gasteiger partial charge in [-0.05, 0) is 31.0 Å².